The molecule has 2 fully saturated rings. The van der Waals surface area contributed by atoms with Crippen LogP contribution in [0.4, 0.5) is 0 Å². The predicted octanol–water partition coefficient (Wildman–Crippen LogP) is 0.631. The lowest BCUT2D eigenvalue weighted by atomic mass is 9.93. The first-order valence-electron chi connectivity index (χ1n) is 6.01. The first-order chi connectivity index (χ1) is 6.86. The lowest BCUT2D eigenvalue weighted by molar-refractivity contribution is 0.0897. The number of aliphatic hydroxyl groups is 1. The number of hydrogen-bond donors (Lipinski definition) is 3. The summed E-state index contributed by atoms with van der Waals surface area (Å²) in [7, 11) is 0. The summed E-state index contributed by atoms with van der Waals surface area (Å²) in [6.07, 6.45) is 7.45. The maximum atomic E-state index is 9.80. The Morgan fingerprint density at radius 2 is 1.86 bits per heavy atom. The van der Waals surface area contributed by atoms with Crippen molar-refractivity contribution in [3.63, 3.8) is 0 Å². The molecule has 2 unspecified atom stereocenters. The van der Waals surface area contributed by atoms with Crippen LogP contribution in [0.25, 0.3) is 0 Å². The normalized spacial score (nSPS) is 35.8. The molecule has 14 heavy (non-hydrogen) atoms. The van der Waals surface area contributed by atoms with E-state index < -0.39 is 0 Å². The average molecular weight is 198 g/mol. The minimum Gasteiger partial charge on any atom is -0.391 e. The maximum absolute atomic E-state index is 9.80. The van der Waals surface area contributed by atoms with Crippen molar-refractivity contribution in [2.24, 2.45) is 0 Å². The fourth-order valence-electron chi connectivity index (χ4n) is 2.59. The maximum Gasteiger partial charge on any atom is 0.0717 e. The van der Waals surface area contributed by atoms with Crippen LogP contribution in [0.5, 0.6) is 0 Å². The van der Waals surface area contributed by atoms with E-state index in [1.807, 2.05) is 0 Å². The van der Waals surface area contributed by atoms with Crippen molar-refractivity contribution in [1.29, 1.82) is 0 Å². The van der Waals surface area contributed by atoms with E-state index in [9.17, 15) is 5.11 Å². The summed E-state index contributed by atoms with van der Waals surface area (Å²) in [5, 5.41) is 16.7. The van der Waals surface area contributed by atoms with E-state index in [-0.39, 0.29) is 12.1 Å². The molecule has 1 saturated heterocycles. The summed E-state index contributed by atoms with van der Waals surface area (Å²) >= 11 is 0. The number of aliphatic hydroxyl groups excluding tert-OH is 1. The zero-order chi connectivity index (χ0) is 9.80. The van der Waals surface area contributed by atoms with E-state index in [1.165, 1.54) is 32.1 Å². The van der Waals surface area contributed by atoms with E-state index >= 15 is 0 Å². The molecule has 2 atom stereocenters. The highest BCUT2D eigenvalue weighted by molar-refractivity contribution is 4.86. The molecule has 1 heterocycles. The summed E-state index contributed by atoms with van der Waals surface area (Å²) in [5.74, 6) is 0. The molecule has 3 heteroatoms. The SMILES string of the molecule is OC1CCNCC1NC1CCCCC1. The third kappa shape index (κ3) is 2.69. The van der Waals surface area contributed by atoms with E-state index in [0.717, 1.165) is 19.5 Å². The van der Waals surface area contributed by atoms with Crippen LogP contribution >= 0.6 is 0 Å². The Balaban J connectivity index is 1.76. The fourth-order valence-corrected chi connectivity index (χ4v) is 2.59. The molecule has 2 aliphatic rings. The van der Waals surface area contributed by atoms with Crippen molar-refractivity contribution in [3.8, 4) is 0 Å². The zero-order valence-corrected chi connectivity index (χ0v) is 8.84. The Kier molecular flexibility index (Phi) is 3.79. The molecule has 0 radical (unpaired) electrons. The number of piperidine rings is 1. The minimum absolute atomic E-state index is 0.141. The van der Waals surface area contributed by atoms with Gasteiger partial charge in [-0.2, -0.15) is 0 Å². The Morgan fingerprint density at radius 1 is 1.07 bits per heavy atom. The van der Waals surface area contributed by atoms with Crippen LogP contribution in [0.1, 0.15) is 38.5 Å². The van der Waals surface area contributed by atoms with Gasteiger partial charge in [0.2, 0.25) is 0 Å². The van der Waals surface area contributed by atoms with E-state index in [4.69, 9.17) is 0 Å². The van der Waals surface area contributed by atoms with Crippen molar-refractivity contribution in [2.75, 3.05) is 13.1 Å². The summed E-state index contributed by atoms with van der Waals surface area (Å²) in [6, 6.07) is 0.940. The van der Waals surface area contributed by atoms with Gasteiger partial charge in [-0.3, -0.25) is 0 Å². The highest BCUT2D eigenvalue weighted by atomic mass is 16.3. The van der Waals surface area contributed by atoms with Gasteiger partial charge in [-0.1, -0.05) is 19.3 Å². The van der Waals surface area contributed by atoms with Crippen molar-refractivity contribution in [1.82, 2.24) is 10.6 Å². The highest BCUT2D eigenvalue weighted by Gasteiger charge is 2.25. The van der Waals surface area contributed by atoms with Crippen molar-refractivity contribution in [2.45, 2.75) is 56.7 Å². The average Bonchev–Trinajstić information content (AvgIpc) is 2.23. The molecule has 0 aromatic heterocycles. The van der Waals surface area contributed by atoms with Gasteiger partial charge in [0.15, 0.2) is 0 Å². The first kappa shape index (κ1) is 10.4. The molecule has 1 aliphatic heterocycles. The molecule has 3 N–H and O–H groups in total. The van der Waals surface area contributed by atoms with Gasteiger partial charge < -0.3 is 15.7 Å². The predicted molar refractivity (Wildman–Crippen MR) is 57.3 cm³/mol. The second kappa shape index (κ2) is 5.10. The van der Waals surface area contributed by atoms with Crippen LogP contribution in [0.2, 0.25) is 0 Å². The Hall–Kier alpha value is -0.120. The Bertz CT molecular complexity index is 169. The van der Waals surface area contributed by atoms with Crippen LogP contribution in [0.15, 0.2) is 0 Å². The molecule has 0 amide bonds. The standard InChI is InChI=1S/C11H22N2O/c14-11-6-7-12-8-10(11)13-9-4-2-1-3-5-9/h9-14H,1-8H2. The van der Waals surface area contributed by atoms with E-state index in [0.29, 0.717) is 6.04 Å². The molecule has 0 spiro atoms. The number of hydrogen-bond acceptors (Lipinski definition) is 3. The molecule has 0 aromatic rings. The van der Waals surface area contributed by atoms with Crippen LogP contribution in [-0.2, 0) is 0 Å². The van der Waals surface area contributed by atoms with Gasteiger partial charge in [-0.25, -0.2) is 0 Å². The molecular formula is C11H22N2O. The summed E-state index contributed by atoms with van der Waals surface area (Å²) < 4.78 is 0. The van der Waals surface area contributed by atoms with E-state index in [1.54, 1.807) is 0 Å². The smallest absolute Gasteiger partial charge is 0.0717 e. The van der Waals surface area contributed by atoms with Gasteiger partial charge in [0.05, 0.1) is 6.10 Å². The van der Waals surface area contributed by atoms with Crippen LogP contribution < -0.4 is 10.6 Å². The summed E-state index contributed by atoms with van der Waals surface area (Å²) in [5.41, 5.74) is 0. The van der Waals surface area contributed by atoms with Crippen molar-refractivity contribution < 1.29 is 5.11 Å². The summed E-state index contributed by atoms with van der Waals surface area (Å²) in [4.78, 5) is 0. The van der Waals surface area contributed by atoms with Gasteiger partial charge in [0.1, 0.15) is 0 Å². The first-order valence-corrected chi connectivity index (χ1v) is 6.01. The lowest BCUT2D eigenvalue weighted by Crippen LogP contribution is -2.55. The van der Waals surface area contributed by atoms with Crippen LogP contribution in [0, 0.1) is 0 Å². The van der Waals surface area contributed by atoms with Gasteiger partial charge in [0.25, 0.3) is 0 Å². The largest absolute Gasteiger partial charge is 0.391 e. The van der Waals surface area contributed by atoms with Crippen LogP contribution in [0.3, 0.4) is 0 Å². The molecule has 82 valence electrons. The molecule has 0 bridgehead atoms. The Labute approximate surface area is 86.3 Å². The third-order valence-corrected chi connectivity index (χ3v) is 3.50. The summed E-state index contributed by atoms with van der Waals surface area (Å²) in [6.45, 7) is 1.89. The fraction of sp³-hybridized carbons (Fsp3) is 1.00. The molecule has 2 rings (SSSR count). The van der Waals surface area contributed by atoms with Crippen molar-refractivity contribution >= 4 is 0 Å². The second-order valence-corrected chi connectivity index (χ2v) is 4.67. The lowest BCUT2D eigenvalue weighted by Gasteiger charge is -2.34. The molecular weight excluding hydrogens is 176 g/mol. The number of rotatable bonds is 2. The van der Waals surface area contributed by atoms with Gasteiger partial charge in [-0.05, 0) is 25.8 Å². The second-order valence-electron chi connectivity index (χ2n) is 4.67. The topological polar surface area (TPSA) is 44.3 Å². The van der Waals surface area contributed by atoms with Gasteiger partial charge in [-0.15, -0.1) is 0 Å². The van der Waals surface area contributed by atoms with E-state index in [2.05, 4.69) is 10.6 Å². The minimum atomic E-state index is -0.141. The molecule has 1 aliphatic carbocycles. The zero-order valence-electron chi connectivity index (χ0n) is 8.84. The number of nitrogens with one attached hydrogen (secondary N) is 2. The van der Waals surface area contributed by atoms with Gasteiger partial charge >= 0.3 is 0 Å². The third-order valence-electron chi connectivity index (χ3n) is 3.50. The molecule has 3 nitrogen and oxygen atoms in total. The quantitative estimate of drug-likeness (QED) is 0.610. The monoisotopic (exact) mass is 198 g/mol. The highest BCUT2D eigenvalue weighted by Crippen LogP contribution is 2.18. The van der Waals surface area contributed by atoms with Gasteiger partial charge in [0, 0.05) is 18.6 Å². The Morgan fingerprint density at radius 3 is 2.57 bits per heavy atom. The molecule has 0 aromatic carbocycles. The molecule has 1 saturated carbocycles. The van der Waals surface area contributed by atoms with Crippen molar-refractivity contribution in [3.05, 3.63) is 0 Å². The van der Waals surface area contributed by atoms with Crippen LogP contribution in [-0.4, -0.2) is 36.4 Å².